The highest BCUT2D eigenvalue weighted by Gasteiger charge is 2.30. The molecule has 0 amide bonds. The Balaban J connectivity index is 1.06. The highest BCUT2D eigenvalue weighted by atomic mass is 16.5. The van der Waals surface area contributed by atoms with Crippen LogP contribution in [0.5, 0.6) is 23.0 Å². The lowest BCUT2D eigenvalue weighted by Crippen LogP contribution is -2.16. The lowest BCUT2D eigenvalue weighted by molar-refractivity contribution is 0.477. The molecule has 2 heterocycles. The second-order valence-electron chi connectivity index (χ2n) is 19.1. The molecule has 0 saturated heterocycles. The minimum absolute atomic E-state index is 0.824. The number of fused-ring (bicyclic) bond motifs is 9. The van der Waals surface area contributed by atoms with Gasteiger partial charge in [-0.25, -0.2) is 0 Å². The first-order chi connectivity index (χ1) is 35.7. The smallest absolute Gasteiger partial charge is 0.151 e. The van der Waals surface area contributed by atoms with Crippen LogP contribution in [-0.4, -0.2) is 0 Å². The minimum atomic E-state index is 0.824. The predicted octanol–water partition coefficient (Wildman–Crippen LogP) is 19.7. The van der Waals surface area contributed by atoms with Gasteiger partial charge in [0.05, 0.1) is 22.7 Å². The van der Waals surface area contributed by atoms with Crippen molar-refractivity contribution >= 4 is 110 Å². The van der Waals surface area contributed by atoms with E-state index in [1.807, 2.05) is 24.3 Å². The van der Waals surface area contributed by atoms with Gasteiger partial charge in [0.15, 0.2) is 23.0 Å². The second kappa shape index (κ2) is 14.9. The van der Waals surface area contributed by atoms with Gasteiger partial charge in [0.25, 0.3) is 0 Å². The van der Waals surface area contributed by atoms with Crippen molar-refractivity contribution in [3.8, 4) is 45.3 Å². The van der Waals surface area contributed by atoms with Crippen LogP contribution in [0.1, 0.15) is 0 Å². The predicted molar refractivity (Wildman–Crippen MR) is 301 cm³/mol. The fraction of sp³-hybridized carbons (Fsp3) is 0. The van der Waals surface area contributed by atoms with E-state index >= 15 is 0 Å². The SMILES string of the molecule is c1ccc2c(c1)Oc1ccccc1N2c1ccc2c(-c3ccc4c5cccc6cccc(c7cccc3c74)c65)c3cc(N4c5ccccc5Oc5ccccc54)ccc3c(-c3ccc4ccccc4c3)c2c1. The zero-order valence-corrected chi connectivity index (χ0v) is 38.8. The second-order valence-corrected chi connectivity index (χ2v) is 19.1. The Hall–Kier alpha value is -9.64. The monoisotopic (exact) mass is 916 g/mol. The molecule has 0 saturated carbocycles. The Labute approximate surface area is 414 Å². The molecular weight excluding hydrogens is 877 g/mol. The maximum absolute atomic E-state index is 6.56. The normalized spacial score (nSPS) is 12.9. The third-order valence-corrected chi connectivity index (χ3v) is 15.3. The Morgan fingerprint density at radius 3 is 1.26 bits per heavy atom. The topological polar surface area (TPSA) is 24.9 Å². The lowest BCUT2D eigenvalue weighted by Gasteiger charge is -2.33. The van der Waals surface area contributed by atoms with Crippen molar-refractivity contribution in [3.05, 3.63) is 243 Å². The van der Waals surface area contributed by atoms with Crippen molar-refractivity contribution in [2.24, 2.45) is 0 Å². The average molecular weight is 917 g/mol. The van der Waals surface area contributed by atoms with Crippen molar-refractivity contribution < 1.29 is 9.47 Å². The number of ether oxygens (including phenoxy) is 2. The van der Waals surface area contributed by atoms with E-state index in [1.165, 1.54) is 86.7 Å². The van der Waals surface area contributed by atoms with Crippen molar-refractivity contribution in [2.45, 2.75) is 0 Å². The van der Waals surface area contributed by atoms with E-state index < -0.39 is 0 Å². The highest BCUT2D eigenvalue weighted by molar-refractivity contribution is 6.35. The van der Waals surface area contributed by atoms with Crippen molar-refractivity contribution in [1.82, 2.24) is 0 Å². The summed E-state index contributed by atoms with van der Waals surface area (Å²) in [5, 5.41) is 17.3. The van der Waals surface area contributed by atoms with E-state index in [-0.39, 0.29) is 0 Å². The van der Waals surface area contributed by atoms with Gasteiger partial charge in [-0.05, 0) is 177 Å². The first-order valence-electron chi connectivity index (χ1n) is 24.7. The summed E-state index contributed by atoms with van der Waals surface area (Å²) in [6.45, 7) is 0. The van der Waals surface area contributed by atoms with Crippen LogP contribution in [0.15, 0.2) is 243 Å². The molecule has 0 spiro atoms. The molecule has 334 valence electrons. The Morgan fingerprint density at radius 1 is 0.250 bits per heavy atom. The summed E-state index contributed by atoms with van der Waals surface area (Å²) in [5.41, 5.74) is 10.8. The van der Waals surface area contributed by atoms with Gasteiger partial charge in [0, 0.05) is 11.4 Å². The van der Waals surface area contributed by atoms with E-state index in [0.717, 1.165) is 68.1 Å². The zero-order valence-electron chi connectivity index (χ0n) is 38.8. The van der Waals surface area contributed by atoms with E-state index in [9.17, 15) is 0 Å². The first kappa shape index (κ1) is 39.2. The fourth-order valence-electron chi connectivity index (χ4n) is 12.3. The molecule has 0 atom stereocenters. The molecule has 0 unspecified atom stereocenters. The maximum Gasteiger partial charge on any atom is 0.151 e. The van der Waals surface area contributed by atoms with Crippen LogP contribution in [0.4, 0.5) is 34.1 Å². The molecule has 0 radical (unpaired) electrons. The molecule has 0 aliphatic carbocycles. The number of anilines is 6. The molecule has 0 N–H and O–H groups in total. The number of hydrogen-bond acceptors (Lipinski definition) is 4. The van der Waals surface area contributed by atoms with Crippen LogP contribution in [-0.2, 0) is 0 Å². The van der Waals surface area contributed by atoms with Crippen molar-refractivity contribution in [2.75, 3.05) is 9.80 Å². The number of hydrogen-bond donors (Lipinski definition) is 0. The molecule has 14 aromatic carbocycles. The van der Waals surface area contributed by atoms with Gasteiger partial charge in [-0.1, -0.05) is 164 Å². The molecule has 72 heavy (non-hydrogen) atoms. The minimum Gasteiger partial charge on any atom is -0.453 e. The Kier molecular flexibility index (Phi) is 8.14. The molecule has 4 nitrogen and oxygen atoms in total. The average Bonchev–Trinajstić information content (AvgIpc) is 3.44. The van der Waals surface area contributed by atoms with Crippen molar-refractivity contribution in [1.29, 1.82) is 0 Å². The van der Waals surface area contributed by atoms with Crippen molar-refractivity contribution in [3.63, 3.8) is 0 Å². The van der Waals surface area contributed by atoms with Gasteiger partial charge in [-0.2, -0.15) is 0 Å². The van der Waals surface area contributed by atoms with Crippen LogP contribution in [0.2, 0.25) is 0 Å². The number of benzene rings is 14. The molecule has 0 fully saturated rings. The van der Waals surface area contributed by atoms with Crippen LogP contribution < -0.4 is 19.3 Å². The van der Waals surface area contributed by atoms with Crippen LogP contribution in [0.3, 0.4) is 0 Å². The van der Waals surface area contributed by atoms with Gasteiger partial charge in [0.2, 0.25) is 0 Å². The van der Waals surface area contributed by atoms with Gasteiger partial charge < -0.3 is 19.3 Å². The van der Waals surface area contributed by atoms with E-state index in [0.29, 0.717) is 0 Å². The molecule has 16 rings (SSSR count). The number of rotatable bonds is 4. The van der Waals surface area contributed by atoms with Gasteiger partial charge in [0.1, 0.15) is 0 Å². The third kappa shape index (κ3) is 5.57. The molecular formula is C68H40N2O2. The van der Waals surface area contributed by atoms with E-state index in [4.69, 9.17) is 9.47 Å². The molecule has 4 heteroatoms. The standard InChI is InChI=1S/C68H40N2O2/c1-2-15-43-38-44(31-30-41(43)14-1)66-53-34-32-46(70-59-24-5-9-28-63(59)72-64-29-10-6-25-60(64)70)40-56(53)68(52-37-36-51-48-19-12-17-42-16-11-18-47(65(42)48)49-20-13-21-50(52)67(49)51)54-35-33-45(39-55(54)66)69-57-22-3-7-26-61(57)71-62-27-8-4-23-58(62)69/h1-40H. The molecule has 0 aromatic heterocycles. The molecule has 2 aliphatic heterocycles. The van der Waals surface area contributed by atoms with E-state index in [2.05, 4.69) is 228 Å². The maximum atomic E-state index is 6.56. The largest absolute Gasteiger partial charge is 0.453 e. The molecule has 14 aromatic rings. The third-order valence-electron chi connectivity index (χ3n) is 15.3. The summed E-state index contributed by atoms with van der Waals surface area (Å²) in [6.07, 6.45) is 0. The summed E-state index contributed by atoms with van der Waals surface area (Å²) >= 11 is 0. The Bertz CT molecular complexity index is 4470. The van der Waals surface area contributed by atoms with Crippen LogP contribution >= 0.6 is 0 Å². The highest BCUT2D eigenvalue weighted by Crippen LogP contribution is 2.56. The summed E-state index contributed by atoms with van der Waals surface area (Å²) in [7, 11) is 0. The quantitative estimate of drug-likeness (QED) is 0.130. The fourth-order valence-corrected chi connectivity index (χ4v) is 12.3. The summed E-state index contributed by atoms with van der Waals surface area (Å²) in [6, 6.07) is 88.4. The lowest BCUT2D eigenvalue weighted by atomic mass is 9.82. The zero-order chi connectivity index (χ0) is 47.0. The van der Waals surface area contributed by atoms with Crippen LogP contribution in [0, 0.1) is 0 Å². The first-order valence-corrected chi connectivity index (χ1v) is 24.7. The van der Waals surface area contributed by atoms with Gasteiger partial charge in [-0.3, -0.25) is 0 Å². The van der Waals surface area contributed by atoms with Gasteiger partial charge in [-0.15, -0.1) is 0 Å². The molecule has 0 bridgehead atoms. The number of para-hydroxylation sites is 8. The van der Waals surface area contributed by atoms with Crippen LogP contribution in [0.25, 0.3) is 97.7 Å². The molecule has 2 aliphatic rings. The Morgan fingerprint density at radius 2 is 0.681 bits per heavy atom. The summed E-state index contributed by atoms with van der Waals surface area (Å²) in [5.74, 6) is 3.30. The van der Waals surface area contributed by atoms with Gasteiger partial charge >= 0.3 is 0 Å². The summed E-state index contributed by atoms with van der Waals surface area (Å²) in [4.78, 5) is 4.72. The van der Waals surface area contributed by atoms with E-state index in [1.54, 1.807) is 0 Å². The number of nitrogens with zero attached hydrogens (tertiary/aromatic N) is 2. The summed E-state index contributed by atoms with van der Waals surface area (Å²) < 4.78 is 13.1.